The number of hydrogen-bond acceptors (Lipinski definition) is 4. The minimum absolute atomic E-state index is 0.0689. The summed E-state index contributed by atoms with van der Waals surface area (Å²) in [5.41, 5.74) is 4.96. The first-order valence-electron chi connectivity index (χ1n) is 6.60. The van der Waals surface area contributed by atoms with E-state index in [4.69, 9.17) is 10.5 Å². The van der Waals surface area contributed by atoms with E-state index in [0.717, 1.165) is 12.5 Å². The number of piperidine rings is 1. The molecule has 1 heterocycles. The van der Waals surface area contributed by atoms with Crippen molar-refractivity contribution in [2.45, 2.75) is 17.7 Å². The van der Waals surface area contributed by atoms with Gasteiger partial charge in [-0.15, -0.1) is 0 Å². The predicted octanol–water partition coefficient (Wildman–Crippen LogP) is 1.59. The Kier molecular flexibility index (Phi) is 4.80. The van der Waals surface area contributed by atoms with Crippen molar-refractivity contribution >= 4 is 15.7 Å². The molecule has 0 bridgehead atoms. The van der Waals surface area contributed by atoms with Gasteiger partial charge in [-0.05, 0) is 24.8 Å². The van der Waals surface area contributed by atoms with Gasteiger partial charge in [0.05, 0.1) is 12.3 Å². The fourth-order valence-corrected chi connectivity index (χ4v) is 4.13. The third kappa shape index (κ3) is 3.33. The Balaban J connectivity index is 2.31. The van der Waals surface area contributed by atoms with E-state index in [1.807, 2.05) is 0 Å². The van der Waals surface area contributed by atoms with Gasteiger partial charge >= 0.3 is 0 Å². The van der Waals surface area contributed by atoms with Crippen molar-refractivity contribution in [3.63, 3.8) is 0 Å². The molecule has 0 saturated carbocycles. The zero-order valence-electron chi connectivity index (χ0n) is 11.7. The minimum Gasteiger partial charge on any atom is -0.396 e. The molecule has 1 aliphatic rings. The van der Waals surface area contributed by atoms with Gasteiger partial charge in [-0.2, -0.15) is 4.31 Å². The Morgan fingerprint density at radius 1 is 1.38 bits per heavy atom. The van der Waals surface area contributed by atoms with Crippen LogP contribution in [0.1, 0.15) is 12.8 Å². The molecule has 0 spiro atoms. The van der Waals surface area contributed by atoms with Gasteiger partial charge in [0.1, 0.15) is 16.5 Å². The van der Waals surface area contributed by atoms with E-state index in [1.54, 1.807) is 7.11 Å². The van der Waals surface area contributed by atoms with Gasteiger partial charge in [-0.25, -0.2) is 17.2 Å². The topological polar surface area (TPSA) is 72.6 Å². The lowest BCUT2D eigenvalue weighted by Gasteiger charge is -2.31. The van der Waals surface area contributed by atoms with Crippen LogP contribution in [0, 0.1) is 17.6 Å². The molecule has 118 valence electrons. The second-order valence-corrected chi connectivity index (χ2v) is 7.04. The van der Waals surface area contributed by atoms with E-state index in [1.165, 1.54) is 4.31 Å². The van der Waals surface area contributed by atoms with E-state index >= 15 is 0 Å². The van der Waals surface area contributed by atoms with Crippen LogP contribution in [0.4, 0.5) is 14.5 Å². The van der Waals surface area contributed by atoms with E-state index in [-0.39, 0.29) is 18.2 Å². The molecule has 1 aromatic rings. The second kappa shape index (κ2) is 6.25. The molecule has 1 saturated heterocycles. The van der Waals surface area contributed by atoms with Crippen molar-refractivity contribution in [3.8, 4) is 0 Å². The first-order chi connectivity index (χ1) is 9.86. The monoisotopic (exact) mass is 320 g/mol. The standard InChI is InChI=1S/C13H18F2N2O3S/c1-20-8-9-3-2-4-17(7-9)21(18,19)13-6-12(16)10(14)5-11(13)15/h5-6,9H,2-4,7-8,16H2,1H3. The fraction of sp³-hybridized carbons (Fsp3) is 0.538. The van der Waals surface area contributed by atoms with Crippen LogP contribution in [-0.4, -0.2) is 39.5 Å². The van der Waals surface area contributed by atoms with Crippen molar-refractivity contribution in [2.24, 2.45) is 5.92 Å². The Labute approximate surface area is 122 Å². The molecule has 2 N–H and O–H groups in total. The fourth-order valence-electron chi connectivity index (χ4n) is 2.50. The maximum Gasteiger partial charge on any atom is 0.246 e. The number of nitrogens with zero attached hydrogens (tertiary/aromatic N) is 1. The molecule has 8 heteroatoms. The number of halogens is 2. The Hall–Kier alpha value is -1.25. The smallest absolute Gasteiger partial charge is 0.246 e. The highest BCUT2D eigenvalue weighted by atomic mass is 32.2. The van der Waals surface area contributed by atoms with Gasteiger partial charge in [-0.3, -0.25) is 0 Å². The summed E-state index contributed by atoms with van der Waals surface area (Å²) in [5, 5.41) is 0. The summed E-state index contributed by atoms with van der Waals surface area (Å²) < 4.78 is 58.2. The number of benzene rings is 1. The first kappa shape index (κ1) is 16.1. The third-order valence-corrected chi connectivity index (χ3v) is 5.43. The summed E-state index contributed by atoms with van der Waals surface area (Å²) >= 11 is 0. The molecule has 2 rings (SSSR count). The van der Waals surface area contributed by atoms with Crippen molar-refractivity contribution in [3.05, 3.63) is 23.8 Å². The van der Waals surface area contributed by atoms with Crippen LogP contribution in [0.25, 0.3) is 0 Å². The average molecular weight is 320 g/mol. The number of nitrogen functional groups attached to an aromatic ring is 1. The van der Waals surface area contributed by atoms with E-state index in [9.17, 15) is 17.2 Å². The lowest BCUT2D eigenvalue weighted by Crippen LogP contribution is -2.41. The predicted molar refractivity (Wildman–Crippen MR) is 74.1 cm³/mol. The van der Waals surface area contributed by atoms with Crippen molar-refractivity contribution < 1.29 is 21.9 Å². The largest absolute Gasteiger partial charge is 0.396 e. The Morgan fingerprint density at radius 2 is 2.10 bits per heavy atom. The normalized spacial score (nSPS) is 20.6. The minimum atomic E-state index is -4.03. The van der Waals surface area contributed by atoms with Gasteiger partial charge in [0.15, 0.2) is 0 Å². The molecule has 0 aliphatic carbocycles. The molecular weight excluding hydrogens is 302 g/mol. The average Bonchev–Trinajstić information content (AvgIpc) is 2.43. The molecule has 0 aromatic heterocycles. The van der Waals surface area contributed by atoms with Crippen molar-refractivity contribution in [2.75, 3.05) is 32.5 Å². The summed E-state index contributed by atoms with van der Waals surface area (Å²) in [6.45, 7) is 1.01. The van der Waals surface area contributed by atoms with Gasteiger partial charge in [0.2, 0.25) is 10.0 Å². The quantitative estimate of drug-likeness (QED) is 0.855. The van der Waals surface area contributed by atoms with Gasteiger partial charge in [0, 0.05) is 26.3 Å². The maximum absolute atomic E-state index is 13.8. The molecule has 1 unspecified atom stereocenters. The number of rotatable bonds is 4. The number of anilines is 1. The summed E-state index contributed by atoms with van der Waals surface area (Å²) in [6, 6.07) is 1.33. The highest BCUT2D eigenvalue weighted by Crippen LogP contribution is 2.27. The number of nitrogens with two attached hydrogens (primary N) is 1. The van der Waals surface area contributed by atoms with Crippen LogP contribution in [0.2, 0.25) is 0 Å². The van der Waals surface area contributed by atoms with Gasteiger partial charge < -0.3 is 10.5 Å². The molecule has 21 heavy (non-hydrogen) atoms. The van der Waals surface area contributed by atoms with E-state index in [2.05, 4.69) is 0 Å². The van der Waals surface area contributed by atoms with Crippen molar-refractivity contribution in [1.82, 2.24) is 4.31 Å². The molecule has 1 atom stereocenters. The van der Waals surface area contributed by atoms with Crippen LogP contribution in [0.5, 0.6) is 0 Å². The number of sulfonamides is 1. The Morgan fingerprint density at radius 3 is 2.76 bits per heavy atom. The second-order valence-electron chi connectivity index (χ2n) is 5.13. The molecule has 5 nitrogen and oxygen atoms in total. The third-order valence-electron chi connectivity index (χ3n) is 3.55. The summed E-state index contributed by atoms with van der Waals surface area (Å²) in [5.74, 6) is -2.03. The number of ether oxygens (including phenoxy) is 1. The number of hydrogen-bond donors (Lipinski definition) is 1. The lowest BCUT2D eigenvalue weighted by atomic mass is 10.0. The van der Waals surface area contributed by atoms with Crippen LogP contribution in [-0.2, 0) is 14.8 Å². The molecule has 1 aliphatic heterocycles. The highest BCUT2D eigenvalue weighted by molar-refractivity contribution is 7.89. The van der Waals surface area contributed by atoms with Crippen LogP contribution in [0.3, 0.4) is 0 Å². The molecule has 0 radical (unpaired) electrons. The molecule has 1 aromatic carbocycles. The van der Waals surface area contributed by atoms with Crippen LogP contribution in [0.15, 0.2) is 17.0 Å². The SMILES string of the molecule is COCC1CCCN(S(=O)(=O)c2cc(N)c(F)cc2F)C1. The lowest BCUT2D eigenvalue weighted by molar-refractivity contribution is 0.118. The summed E-state index contributed by atoms with van der Waals surface area (Å²) in [6.07, 6.45) is 1.53. The van der Waals surface area contributed by atoms with Gasteiger partial charge in [-0.1, -0.05) is 0 Å². The zero-order valence-corrected chi connectivity index (χ0v) is 12.5. The zero-order chi connectivity index (χ0) is 15.6. The summed E-state index contributed by atoms with van der Waals surface area (Å²) in [4.78, 5) is -0.584. The highest BCUT2D eigenvalue weighted by Gasteiger charge is 2.32. The Bertz CT molecular complexity index is 620. The first-order valence-corrected chi connectivity index (χ1v) is 8.04. The maximum atomic E-state index is 13.8. The summed E-state index contributed by atoms with van der Waals surface area (Å²) in [7, 11) is -2.48. The van der Waals surface area contributed by atoms with Crippen LogP contribution < -0.4 is 5.73 Å². The van der Waals surface area contributed by atoms with Crippen LogP contribution >= 0.6 is 0 Å². The van der Waals surface area contributed by atoms with Crippen molar-refractivity contribution in [1.29, 1.82) is 0 Å². The molecular formula is C13H18F2N2O3S. The number of methoxy groups -OCH3 is 1. The van der Waals surface area contributed by atoms with E-state index in [0.29, 0.717) is 25.6 Å². The molecule has 0 amide bonds. The molecule has 1 fully saturated rings. The van der Waals surface area contributed by atoms with E-state index < -0.39 is 26.6 Å². The van der Waals surface area contributed by atoms with Gasteiger partial charge in [0.25, 0.3) is 0 Å².